The van der Waals surface area contributed by atoms with Crippen molar-refractivity contribution in [3.8, 4) is 27.8 Å². The molecule has 0 radical (unpaired) electrons. The molecule has 170 valence electrons. The van der Waals surface area contributed by atoms with Gasteiger partial charge in [0.25, 0.3) is 5.56 Å². The lowest BCUT2D eigenvalue weighted by Crippen LogP contribution is -2.47. The van der Waals surface area contributed by atoms with Crippen molar-refractivity contribution in [2.45, 2.75) is 13.2 Å². The standard InChI is InChI=1S/C23H28N4O4S/c1-29-19-8-6-17(22(30-2)23(19)31-3)15-25-10-12-26(13-11-25)16-27-21(28)9-7-18(24-27)20-5-4-14-32-20/h4-9,14H,10-13,15-16H2,1-3H3. The summed E-state index contributed by atoms with van der Waals surface area (Å²) >= 11 is 1.62. The largest absolute Gasteiger partial charge is 0.493 e. The molecule has 1 saturated heterocycles. The third-order valence-corrected chi connectivity index (χ3v) is 6.51. The van der Waals surface area contributed by atoms with Gasteiger partial charge in [-0.1, -0.05) is 12.1 Å². The fourth-order valence-electron chi connectivity index (χ4n) is 3.91. The Morgan fingerprint density at radius 2 is 1.66 bits per heavy atom. The molecule has 0 bridgehead atoms. The second-order valence-electron chi connectivity index (χ2n) is 7.56. The second-order valence-corrected chi connectivity index (χ2v) is 8.51. The van der Waals surface area contributed by atoms with E-state index in [2.05, 4.69) is 14.9 Å². The SMILES string of the molecule is COc1ccc(CN2CCN(Cn3nc(-c4cccs4)ccc3=O)CC2)c(OC)c1OC. The Kier molecular flexibility index (Phi) is 7.09. The molecule has 0 saturated carbocycles. The number of ether oxygens (including phenoxy) is 3. The van der Waals surface area contributed by atoms with E-state index in [4.69, 9.17) is 14.2 Å². The van der Waals surface area contributed by atoms with Crippen LogP contribution >= 0.6 is 11.3 Å². The average molecular weight is 457 g/mol. The van der Waals surface area contributed by atoms with Gasteiger partial charge in [0.15, 0.2) is 11.5 Å². The summed E-state index contributed by atoms with van der Waals surface area (Å²) in [6.07, 6.45) is 0. The van der Waals surface area contributed by atoms with Crippen LogP contribution in [0.2, 0.25) is 0 Å². The minimum Gasteiger partial charge on any atom is -0.493 e. The third kappa shape index (κ3) is 4.79. The number of aromatic nitrogens is 2. The highest BCUT2D eigenvalue weighted by molar-refractivity contribution is 7.13. The molecule has 0 amide bonds. The molecule has 8 nitrogen and oxygen atoms in total. The summed E-state index contributed by atoms with van der Waals surface area (Å²) in [5, 5.41) is 6.58. The zero-order chi connectivity index (χ0) is 22.5. The molecule has 3 heterocycles. The first-order valence-corrected chi connectivity index (χ1v) is 11.4. The second kappa shape index (κ2) is 10.2. The summed E-state index contributed by atoms with van der Waals surface area (Å²) in [6.45, 7) is 4.72. The summed E-state index contributed by atoms with van der Waals surface area (Å²) in [7, 11) is 4.88. The average Bonchev–Trinajstić information content (AvgIpc) is 3.36. The van der Waals surface area contributed by atoms with Crippen molar-refractivity contribution >= 4 is 11.3 Å². The molecule has 1 aliphatic heterocycles. The normalized spacial score (nSPS) is 15.0. The number of thiophene rings is 1. The van der Waals surface area contributed by atoms with E-state index in [1.807, 2.05) is 29.6 Å². The van der Waals surface area contributed by atoms with Crippen molar-refractivity contribution in [2.24, 2.45) is 0 Å². The Hall–Kier alpha value is -2.88. The zero-order valence-corrected chi connectivity index (χ0v) is 19.4. The van der Waals surface area contributed by atoms with E-state index in [0.29, 0.717) is 23.9 Å². The number of methoxy groups -OCH3 is 3. The molecular formula is C23H28N4O4S. The summed E-state index contributed by atoms with van der Waals surface area (Å²) in [6, 6.07) is 11.3. The van der Waals surface area contributed by atoms with Gasteiger partial charge >= 0.3 is 0 Å². The number of piperazine rings is 1. The maximum Gasteiger partial charge on any atom is 0.268 e. The molecule has 1 aromatic carbocycles. The minimum atomic E-state index is -0.0807. The van der Waals surface area contributed by atoms with Crippen molar-refractivity contribution in [2.75, 3.05) is 47.5 Å². The smallest absolute Gasteiger partial charge is 0.268 e. The monoisotopic (exact) mass is 456 g/mol. The van der Waals surface area contributed by atoms with Crippen LogP contribution in [-0.2, 0) is 13.2 Å². The van der Waals surface area contributed by atoms with Crippen LogP contribution in [0.25, 0.3) is 10.6 Å². The molecule has 0 spiro atoms. The Morgan fingerprint density at radius 1 is 0.906 bits per heavy atom. The van der Waals surface area contributed by atoms with Gasteiger partial charge < -0.3 is 14.2 Å². The molecule has 1 aliphatic rings. The highest BCUT2D eigenvalue weighted by Crippen LogP contribution is 2.40. The fourth-order valence-corrected chi connectivity index (χ4v) is 4.60. The third-order valence-electron chi connectivity index (χ3n) is 5.62. The van der Waals surface area contributed by atoms with E-state index in [9.17, 15) is 4.79 Å². The van der Waals surface area contributed by atoms with Crippen molar-refractivity contribution in [1.82, 2.24) is 19.6 Å². The van der Waals surface area contributed by atoms with E-state index in [0.717, 1.165) is 48.9 Å². The zero-order valence-electron chi connectivity index (χ0n) is 18.6. The van der Waals surface area contributed by atoms with E-state index in [1.54, 1.807) is 49.5 Å². The first-order chi connectivity index (χ1) is 15.6. The highest BCUT2D eigenvalue weighted by atomic mass is 32.1. The van der Waals surface area contributed by atoms with Gasteiger partial charge in [-0.05, 0) is 23.6 Å². The molecule has 4 rings (SSSR count). The Labute approximate surface area is 191 Å². The Bertz CT molecular complexity index is 1090. The molecule has 1 fully saturated rings. The van der Waals surface area contributed by atoms with E-state index in [1.165, 1.54) is 0 Å². The predicted molar refractivity (Wildman–Crippen MR) is 125 cm³/mol. The van der Waals surface area contributed by atoms with Gasteiger partial charge in [0.1, 0.15) is 5.69 Å². The molecule has 9 heteroatoms. The Morgan fingerprint density at radius 3 is 2.31 bits per heavy atom. The predicted octanol–water partition coefficient (Wildman–Crippen LogP) is 2.77. The number of hydrogen-bond donors (Lipinski definition) is 0. The van der Waals surface area contributed by atoms with Crippen molar-refractivity contribution in [3.05, 3.63) is 57.7 Å². The molecule has 0 atom stereocenters. The molecule has 3 aromatic rings. The van der Waals surface area contributed by atoms with Gasteiger partial charge in [-0.15, -0.1) is 11.3 Å². The van der Waals surface area contributed by atoms with E-state index < -0.39 is 0 Å². The van der Waals surface area contributed by atoms with Gasteiger partial charge in [0.2, 0.25) is 5.75 Å². The number of hydrogen-bond acceptors (Lipinski definition) is 8. The van der Waals surface area contributed by atoms with Gasteiger partial charge in [0.05, 0.1) is 32.9 Å². The van der Waals surface area contributed by atoms with Gasteiger partial charge in [0, 0.05) is 44.4 Å². The maximum atomic E-state index is 12.3. The highest BCUT2D eigenvalue weighted by Gasteiger charge is 2.22. The molecule has 32 heavy (non-hydrogen) atoms. The lowest BCUT2D eigenvalue weighted by molar-refractivity contribution is 0.0964. The van der Waals surface area contributed by atoms with Crippen LogP contribution in [0.3, 0.4) is 0 Å². The summed E-state index contributed by atoms with van der Waals surface area (Å²) in [5.74, 6) is 1.97. The van der Waals surface area contributed by atoms with E-state index in [-0.39, 0.29) is 5.56 Å². The first-order valence-electron chi connectivity index (χ1n) is 10.5. The molecular weight excluding hydrogens is 428 g/mol. The maximum absolute atomic E-state index is 12.3. The lowest BCUT2D eigenvalue weighted by Gasteiger charge is -2.34. The van der Waals surface area contributed by atoms with Crippen molar-refractivity contribution < 1.29 is 14.2 Å². The van der Waals surface area contributed by atoms with Crippen LogP contribution in [0.5, 0.6) is 17.2 Å². The summed E-state index contributed by atoms with van der Waals surface area (Å²) in [4.78, 5) is 18.0. The van der Waals surface area contributed by atoms with Crippen LogP contribution in [-0.4, -0.2) is 67.1 Å². The van der Waals surface area contributed by atoms with Crippen LogP contribution in [0.15, 0.2) is 46.6 Å². The number of rotatable bonds is 8. The van der Waals surface area contributed by atoms with Gasteiger partial charge in [-0.2, -0.15) is 5.10 Å². The molecule has 2 aromatic heterocycles. The Balaban J connectivity index is 1.39. The fraction of sp³-hybridized carbons (Fsp3) is 0.391. The van der Waals surface area contributed by atoms with Gasteiger partial charge in [-0.3, -0.25) is 14.6 Å². The molecule has 0 aliphatic carbocycles. The van der Waals surface area contributed by atoms with Crippen molar-refractivity contribution in [1.29, 1.82) is 0 Å². The molecule has 0 unspecified atom stereocenters. The van der Waals surface area contributed by atoms with Crippen molar-refractivity contribution in [3.63, 3.8) is 0 Å². The lowest BCUT2D eigenvalue weighted by atomic mass is 10.1. The van der Waals surface area contributed by atoms with Gasteiger partial charge in [-0.25, -0.2) is 4.68 Å². The van der Waals surface area contributed by atoms with Crippen LogP contribution < -0.4 is 19.8 Å². The number of benzene rings is 1. The topological polar surface area (TPSA) is 69.1 Å². The van der Waals surface area contributed by atoms with E-state index >= 15 is 0 Å². The van der Waals surface area contributed by atoms with Crippen LogP contribution in [0.4, 0.5) is 0 Å². The minimum absolute atomic E-state index is 0.0807. The summed E-state index contributed by atoms with van der Waals surface area (Å²) < 4.78 is 18.1. The van der Waals surface area contributed by atoms with Crippen LogP contribution in [0, 0.1) is 0 Å². The molecule has 0 N–H and O–H groups in total. The quantitative estimate of drug-likeness (QED) is 0.516. The number of nitrogens with zero attached hydrogens (tertiary/aromatic N) is 4. The van der Waals surface area contributed by atoms with Crippen LogP contribution in [0.1, 0.15) is 5.56 Å². The first kappa shape index (κ1) is 22.3. The summed E-state index contributed by atoms with van der Waals surface area (Å²) in [5.41, 5.74) is 1.81.